The zero-order valence-electron chi connectivity index (χ0n) is 11.0. The summed E-state index contributed by atoms with van der Waals surface area (Å²) in [5, 5.41) is 11.9. The summed E-state index contributed by atoms with van der Waals surface area (Å²) in [5.74, 6) is -0.247. The lowest BCUT2D eigenvalue weighted by Crippen LogP contribution is -2.21. The summed E-state index contributed by atoms with van der Waals surface area (Å²) in [6.07, 6.45) is 3.61. The maximum atomic E-state index is 11.3. The number of carbonyl (C=O) groups excluding carboxylic acids is 1. The molecule has 0 saturated carbocycles. The Morgan fingerprint density at radius 1 is 1.33 bits per heavy atom. The predicted molar refractivity (Wildman–Crippen MR) is 82.8 cm³/mol. The van der Waals surface area contributed by atoms with Crippen LogP contribution in [0.15, 0.2) is 42.0 Å². The van der Waals surface area contributed by atoms with Gasteiger partial charge in [0.2, 0.25) is 5.91 Å². The Bertz CT molecular complexity index is 750. The summed E-state index contributed by atoms with van der Waals surface area (Å²) in [7, 11) is 0. The van der Waals surface area contributed by atoms with Crippen LogP contribution in [-0.2, 0) is 4.79 Å². The molecule has 1 aromatic carbocycles. The molecule has 0 atom stereocenters. The van der Waals surface area contributed by atoms with Gasteiger partial charge in [0, 0.05) is 22.7 Å². The molecule has 0 aliphatic heterocycles. The van der Waals surface area contributed by atoms with Crippen LogP contribution in [0.1, 0.15) is 0 Å². The van der Waals surface area contributed by atoms with E-state index >= 15 is 0 Å². The molecule has 0 aliphatic carbocycles. The van der Waals surface area contributed by atoms with Gasteiger partial charge in [0.1, 0.15) is 0 Å². The Labute approximate surface area is 125 Å². The first kappa shape index (κ1) is 13.5. The molecule has 0 spiro atoms. The Hall–Kier alpha value is -2.51. The van der Waals surface area contributed by atoms with E-state index in [0.717, 1.165) is 22.4 Å². The number of nitrogens with zero attached hydrogens (tertiary/aromatic N) is 2. The van der Waals surface area contributed by atoms with Crippen LogP contribution >= 0.6 is 11.3 Å². The summed E-state index contributed by atoms with van der Waals surface area (Å²) in [4.78, 5) is 15.7. The number of rotatable bonds is 4. The first-order chi connectivity index (χ1) is 10.3. The number of aromatic nitrogens is 3. The van der Waals surface area contributed by atoms with Crippen molar-refractivity contribution in [1.29, 1.82) is 0 Å². The van der Waals surface area contributed by atoms with Crippen molar-refractivity contribution in [2.45, 2.75) is 0 Å². The van der Waals surface area contributed by atoms with Gasteiger partial charge in [0.15, 0.2) is 5.13 Å². The quantitative estimate of drug-likeness (QED) is 0.687. The van der Waals surface area contributed by atoms with Crippen molar-refractivity contribution in [2.24, 2.45) is 5.73 Å². The molecule has 106 valence electrons. The number of nitrogens with two attached hydrogens (primary N) is 1. The average molecular weight is 299 g/mol. The SMILES string of the molecule is NCC(=O)Nc1nc(-c2cccc(-c3cn[nH]c3)c2)cs1. The van der Waals surface area contributed by atoms with Crippen molar-refractivity contribution in [3.63, 3.8) is 0 Å². The molecular formula is C14H13N5OS. The van der Waals surface area contributed by atoms with Gasteiger partial charge in [0.05, 0.1) is 18.4 Å². The third-order valence-corrected chi connectivity index (χ3v) is 3.68. The molecular weight excluding hydrogens is 286 g/mol. The molecule has 0 fully saturated rings. The Balaban J connectivity index is 1.87. The van der Waals surface area contributed by atoms with Crippen molar-refractivity contribution in [3.05, 3.63) is 42.0 Å². The van der Waals surface area contributed by atoms with E-state index in [4.69, 9.17) is 5.73 Å². The summed E-state index contributed by atoms with van der Waals surface area (Å²) in [6.45, 7) is -0.0507. The molecule has 2 heterocycles. The Morgan fingerprint density at radius 3 is 2.95 bits per heavy atom. The second-order valence-corrected chi connectivity index (χ2v) is 5.22. The number of amides is 1. The lowest BCUT2D eigenvalue weighted by atomic mass is 10.1. The number of hydrogen-bond acceptors (Lipinski definition) is 5. The minimum Gasteiger partial charge on any atom is -0.322 e. The molecule has 3 rings (SSSR count). The Kier molecular flexibility index (Phi) is 3.76. The van der Waals surface area contributed by atoms with Gasteiger partial charge in [-0.05, 0) is 11.6 Å². The molecule has 6 nitrogen and oxygen atoms in total. The van der Waals surface area contributed by atoms with Gasteiger partial charge in [-0.2, -0.15) is 5.10 Å². The van der Waals surface area contributed by atoms with Crippen molar-refractivity contribution in [3.8, 4) is 22.4 Å². The highest BCUT2D eigenvalue weighted by molar-refractivity contribution is 7.14. The van der Waals surface area contributed by atoms with E-state index in [9.17, 15) is 4.79 Å². The van der Waals surface area contributed by atoms with E-state index < -0.39 is 0 Å². The summed E-state index contributed by atoms with van der Waals surface area (Å²) >= 11 is 1.37. The number of hydrogen-bond donors (Lipinski definition) is 3. The minimum atomic E-state index is -0.247. The second kappa shape index (κ2) is 5.86. The van der Waals surface area contributed by atoms with E-state index in [1.807, 2.05) is 35.8 Å². The first-order valence-electron chi connectivity index (χ1n) is 6.31. The number of benzene rings is 1. The standard InChI is InChI=1S/C14H13N5OS/c15-5-13(20)19-14-18-12(8-21-14)10-3-1-2-9(4-10)11-6-16-17-7-11/h1-4,6-8H,5,15H2,(H,16,17)(H,18,19,20). The highest BCUT2D eigenvalue weighted by Crippen LogP contribution is 2.28. The van der Waals surface area contributed by atoms with E-state index in [1.54, 1.807) is 6.20 Å². The van der Waals surface area contributed by atoms with Crippen LogP contribution in [0.4, 0.5) is 5.13 Å². The van der Waals surface area contributed by atoms with Crippen molar-refractivity contribution in [2.75, 3.05) is 11.9 Å². The average Bonchev–Trinajstić information content (AvgIpc) is 3.19. The number of nitrogens with one attached hydrogen (secondary N) is 2. The predicted octanol–water partition coefficient (Wildman–Crippen LogP) is 2.10. The van der Waals surface area contributed by atoms with Crippen molar-refractivity contribution in [1.82, 2.24) is 15.2 Å². The lowest BCUT2D eigenvalue weighted by Gasteiger charge is -2.01. The topological polar surface area (TPSA) is 96.7 Å². The number of aromatic amines is 1. The van der Waals surface area contributed by atoms with Crippen LogP contribution in [0.25, 0.3) is 22.4 Å². The molecule has 0 bridgehead atoms. The molecule has 4 N–H and O–H groups in total. The van der Waals surface area contributed by atoms with Crippen molar-refractivity contribution < 1.29 is 4.79 Å². The molecule has 1 amide bonds. The molecule has 3 aromatic rings. The number of anilines is 1. The molecule has 0 aliphatic rings. The Morgan fingerprint density at radius 2 is 2.19 bits per heavy atom. The van der Waals surface area contributed by atoms with E-state index in [2.05, 4.69) is 20.5 Å². The monoisotopic (exact) mass is 299 g/mol. The number of carbonyl (C=O) groups is 1. The van der Waals surface area contributed by atoms with Crippen LogP contribution in [0.5, 0.6) is 0 Å². The number of thiazole rings is 1. The van der Waals surface area contributed by atoms with Gasteiger partial charge in [-0.1, -0.05) is 18.2 Å². The van der Waals surface area contributed by atoms with Crippen LogP contribution in [0.3, 0.4) is 0 Å². The van der Waals surface area contributed by atoms with E-state index in [-0.39, 0.29) is 12.5 Å². The largest absolute Gasteiger partial charge is 0.322 e. The first-order valence-corrected chi connectivity index (χ1v) is 7.19. The van der Waals surface area contributed by atoms with Crippen LogP contribution < -0.4 is 11.1 Å². The zero-order valence-corrected chi connectivity index (χ0v) is 11.9. The van der Waals surface area contributed by atoms with Gasteiger partial charge >= 0.3 is 0 Å². The van der Waals surface area contributed by atoms with Gasteiger partial charge in [-0.3, -0.25) is 9.89 Å². The van der Waals surface area contributed by atoms with Gasteiger partial charge in [0.25, 0.3) is 0 Å². The molecule has 0 saturated heterocycles. The summed E-state index contributed by atoms with van der Waals surface area (Å²) < 4.78 is 0. The maximum Gasteiger partial charge on any atom is 0.239 e. The van der Waals surface area contributed by atoms with Gasteiger partial charge < -0.3 is 11.1 Å². The van der Waals surface area contributed by atoms with Gasteiger partial charge in [-0.25, -0.2) is 4.98 Å². The minimum absolute atomic E-state index is 0.0507. The highest BCUT2D eigenvalue weighted by atomic mass is 32.1. The zero-order chi connectivity index (χ0) is 14.7. The smallest absolute Gasteiger partial charge is 0.239 e. The van der Waals surface area contributed by atoms with E-state index in [0.29, 0.717) is 5.13 Å². The summed E-state index contributed by atoms with van der Waals surface area (Å²) in [6, 6.07) is 7.99. The molecule has 7 heteroatoms. The van der Waals surface area contributed by atoms with Crippen LogP contribution in [-0.4, -0.2) is 27.6 Å². The second-order valence-electron chi connectivity index (χ2n) is 4.36. The fourth-order valence-corrected chi connectivity index (χ4v) is 2.64. The van der Waals surface area contributed by atoms with Crippen LogP contribution in [0, 0.1) is 0 Å². The maximum absolute atomic E-state index is 11.3. The third-order valence-electron chi connectivity index (χ3n) is 2.93. The third kappa shape index (κ3) is 2.99. The highest BCUT2D eigenvalue weighted by Gasteiger charge is 2.08. The van der Waals surface area contributed by atoms with Gasteiger partial charge in [-0.15, -0.1) is 11.3 Å². The van der Waals surface area contributed by atoms with Crippen LogP contribution in [0.2, 0.25) is 0 Å². The molecule has 2 aromatic heterocycles. The molecule has 0 unspecified atom stereocenters. The fraction of sp³-hybridized carbons (Fsp3) is 0.0714. The number of H-pyrrole nitrogens is 1. The summed E-state index contributed by atoms with van der Waals surface area (Å²) in [5.41, 5.74) is 9.14. The van der Waals surface area contributed by atoms with E-state index in [1.165, 1.54) is 11.3 Å². The normalized spacial score (nSPS) is 10.5. The molecule has 0 radical (unpaired) electrons. The molecule has 21 heavy (non-hydrogen) atoms. The fourth-order valence-electron chi connectivity index (χ4n) is 1.90. The van der Waals surface area contributed by atoms with Crippen molar-refractivity contribution >= 4 is 22.4 Å². The lowest BCUT2D eigenvalue weighted by molar-refractivity contribution is -0.114.